The summed E-state index contributed by atoms with van der Waals surface area (Å²) in [6.45, 7) is 19.4. The lowest BCUT2D eigenvalue weighted by Crippen LogP contribution is -2.33. The molecule has 0 saturated carbocycles. The molecule has 9 nitrogen and oxygen atoms in total. The van der Waals surface area contributed by atoms with Crippen LogP contribution in [-0.4, -0.2) is 32.5 Å². The monoisotopic (exact) mass is 753 g/mol. The number of benzene rings is 3. The van der Waals surface area contributed by atoms with Gasteiger partial charge in [0.2, 0.25) is 17.3 Å². The van der Waals surface area contributed by atoms with Crippen LogP contribution in [-0.2, 0) is 21.0 Å². The molecule has 4 aromatic rings. The third-order valence-electron chi connectivity index (χ3n) is 11.6. The van der Waals surface area contributed by atoms with Gasteiger partial charge in [-0.1, -0.05) is 123 Å². The van der Waals surface area contributed by atoms with Crippen LogP contribution < -0.4 is 16.2 Å². The third-order valence-corrected chi connectivity index (χ3v) is 11.6. The molecule has 0 bridgehead atoms. The maximum Gasteiger partial charge on any atom is 0.275 e. The Hall–Kier alpha value is -5.83. The number of ketones is 1. The van der Waals surface area contributed by atoms with Gasteiger partial charge in [0, 0.05) is 33.3 Å². The number of para-hydroxylation sites is 3. The number of aliphatic hydroxyl groups is 1. The molecule has 1 aliphatic carbocycles. The first kappa shape index (κ1) is 39.9. The fourth-order valence-electron chi connectivity index (χ4n) is 8.36. The van der Waals surface area contributed by atoms with Crippen molar-refractivity contribution in [2.75, 3.05) is 5.32 Å². The first-order chi connectivity index (χ1) is 26.4. The van der Waals surface area contributed by atoms with E-state index in [1.165, 1.54) is 28.9 Å². The van der Waals surface area contributed by atoms with E-state index in [0.29, 0.717) is 24.0 Å². The van der Waals surface area contributed by atoms with E-state index in [1.54, 1.807) is 0 Å². The molecule has 4 aromatic carbocycles. The van der Waals surface area contributed by atoms with E-state index >= 15 is 0 Å². The Labute approximate surface area is 328 Å². The van der Waals surface area contributed by atoms with Gasteiger partial charge >= 0.3 is 0 Å². The van der Waals surface area contributed by atoms with E-state index in [9.17, 15) is 19.5 Å². The predicted octanol–water partition coefficient (Wildman–Crippen LogP) is 9.76. The number of Topliss-reactive ketones (excluding diaryl/α,β-unsaturated/α-hetero) is 1. The fraction of sp³-hybridized carbons (Fsp3) is 0.340. The van der Waals surface area contributed by atoms with Gasteiger partial charge in [0.05, 0.1) is 28.2 Å². The molecule has 0 unspecified atom stereocenters. The molecule has 3 aliphatic heterocycles. The van der Waals surface area contributed by atoms with Crippen molar-refractivity contribution >= 4 is 34.3 Å². The van der Waals surface area contributed by atoms with Gasteiger partial charge < -0.3 is 20.6 Å². The van der Waals surface area contributed by atoms with Gasteiger partial charge in [0.25, 0.3) is 10.9 Å². The highest BCUT2D eigenvalue weighted by molar-refractivity contribution is 6.27. The molecule has 0 spiro atoms. The summed E-state index contributed by atoms with van der Waals surface area (Å²) in [4.78, 5) is 43.2. The molecule has 4 N–H and O–H groups in total. The SMILES string of the molecule is CCC(C1=Nc2ccccc2C1(C)C)=C1C(=O)C(/C(CC)=C2/Nc3ccccc3C2(C)C)=C1O.CCCC1=Nc2ccccc2C1(C)C.O=c1c(O)c(O)c1=O. The molecule has 0 radical (unpaired) electrons. The maximum absolute atomic E-state index is 13.7. The second-order valence-corrected chi connectivity index (χ2v) is 16.2. The van der Waals surface area contributed by atoms with Crippen LogP contribution in [0.15, 0.2) is 126 Å². The fourth-order valence-corrected chi connectivity index (χ4v) is 8.36. The van der Waals surface area contributed by atoms with Crippen LogP contribution in [0.2, 0.25) is 0 Å². The quantitative estimate of drug-likeness (QED) is 0.113. The number of hydrogen-bond donors (Lipinski definition) is 4. The molecule has 0 fully saturated rings. The largest absolute Gasteiger partial charge is 0.506 e. The molecule has 0 aromatic heterocycles. The number of anilines is 1. The lowest BCUT2D eigenvalue weighted by Gasteiger charge is -2.32. The van der Waals surface area contributed by atoms with Crippen LogP contribution in [0.5, 0.6) is 11.5 Å². The number of rotatable bonds is 6. The zero-order valence-electron chi connectivity index (χ0n) is 33.7. The second kappa shape index (κ2) is 14.7. The van der Waals surface area contributed by atoms with Crippen molar-refractivity contribution in [3.63, 3.8) is 0 Å². The summed E-state index contributed by atoms with van der Waals surface area (Å²) in [5.74, 6) is -1.62. The highest BCUT2D eigenvalue weighted by atomic mass is 16.3. The minimum Gasteiger partial charge on any atom is -0.506 e. The second-order valence-electron chi connectivity index (χ2n) is 16.2. The van der Waals surface area contributed by atoms with Gasteiger partial charge in [-0.15, -0.1) is 0 Å². The number of carbonyl (C=O) groups excluding carboxylic acids is 1. The molecule has 3 heterocycles. The Morgan fingerprint density at radius 2 is 1.12 bits per heavy atom. The van der Waals surface area contributed by atoms with Crippen LogP contribution in [0.25, 0.3) is 0 Å². The summed E-state index contributed by atoms with van der Waals surface area (Å²) in [6, 6.07) is 24.8. The van der Waals surface area contributed by atoms with E-state index < -0.39 is 22.4 Å². The normalized spacial score (nSPS) is 19.6. The number of hydrogen-bond acceptors (Lipinski definition) is 9. The van der Waals surface area contributed by atoms with Crippen LogP contribution in [0.4, 0.5) is 17.1 Å². The highest BCUT2D eigenvalue weighted by Crippen LogP contribution is 2.50. The first-order valence-corrected chi connectivity index (χ1v) is 19.3. The molecular weight excluding hydrogens is 703 g/mol. The number of allylic oxidation sites excluding steroid dienone is 5. The minimum atomic E-state index is -1.01. The van der Waals surface area contributed by atoms with E-state index in [0.717, 1.165) is 45.9 Å². The van der Waals surface area contributed by atoms with Gasteiger partial charge in [-0.2, -0.15) is 0 Å². The Bertz CT molecular complexity index is 2470. The summed E-state index contributed by atoms with van der Waals surface area (Å²) in [7, 11) is 0. The van der Waals surface area contributed by atoms with Crippen molar-refractivity contribution in [1.82, 2.24) is 0 Å². The zero-order valence-corrected chi connectivity index (χ0v) is 33.7. The van der Waals surface area contributed by atoms with Crippen LogP contribution >= 0.6 is 0 Å². The number of aliphatic hydroxyl groups excluding tert-OH is 1. The van der Waals surface area contributed by atoms with Crippen molar-refractivity contribution in [2.24, 2.45) is 9.98 Å². The Balaban J connectivity index is 0.000000196. The van der Waals surface area contributed by atoms with Crippen molar-refractivity contribution in [3.05, 3.63) is 144 Å². The Kier molecular flexibility index (Phi) is 10.4. The van der Waals surface area contributed by atoms with Crippen LogP contribution in [0.3, 0.4) is 0 Å². The molecular formula is C47H51N3O6. The van der Waals surface area contributed by atoms with Crippen molar-refractivity contribution in [2.45, 2.75) is 104 Å². The Morgan fingerprint density at radius 1 is 0.625 bits per heavy atom. The van der Waals surface area contributed by atoms with Crippen molar-refractivity contribution in [1.29, 1.82) is 0 Å². The van der Waals surface area contributed by atoms with Gasteiger partial charge in [0.1, 0.15) is 5.76 Å². The van der Waals surface area contributed by atoms with Crippen molar-refractivity contribution in [3.8, 4) is 11.5 Å². The highest BCUT2D eigenvalue weighted by Gasteiger charge is 2.46. The number of aliphatic imine (C=N–C) groups is 2. The van der Waals surface area contributed by atoms with Gasteiger partial charge in [-0.05, 0) is 65.3 Å². The molecule has 0 amide bonds. The summed E-state index contributed by atoms with van der Waals surface area (Å²) in [6.07, 6.45) is 3.57. The van der Waals surface area contributed by atoms with Gasteiger partial charge in [-0.25, -0.2) is 0 Å². The summed E-state index contributed by atoms with van der Waals surface area (Å²) in [5.41, 5.74) is 10.2. The number of nitrogens with zero attached hydrogens (tertiary/aromatic N) is 2. The first-order valence-electron chi connectivity index (χ1n) is 19.3. The topological polar surface area (TPSA) is 149 Å². The number of aromatic hydroxyl groups is 2. The summed E-state index contributed by atoms with van der Waals surface area (Å²) >= 11 is 0. The number of nitrogens with one attached hydrogen (secondary N) is 1. The smallest absolute Gasteiger partial charge is 0.275 e. The minimum absolute atomic E-state index is 0.0817. The number of fused-ring (bicyclic) bond motifs is 3. The van der Waals surface area contributed by atoms with E-state index in [4.69, 9.17) is 20.2 Å². The lowest BCUT2D eigenvalue weighted by atomic mass is 9.71. The zero-order chi connectivity index (χ0) is 40.9. The van der Waals surface area contributed by atoms with E-state index in [1.807, 2.05) is 44.2 Å². The molecule has 0 saturated heterocycles. The average Bonchev–Trinajstić information content (AvgIpc) is 3.73. The van der Waals surface area contributed by atoms with Crippen LogP contribution in [0, 0.1) is 0 Å². The summed E-state index contributed by atoms with van der Waals surface area (Å²) < 4.78 is 0. The average molecular weight is 754 g/mol. The summed E-state index contributed by atoms with van der Waals surface area (Å²) in [5, 5.41) is 31.3. The molecule has 9 heteroatoms. The molecule has 8 rings (SSSR count). The lowest BCUT2D eigenvalue weighted by molar-refractivity contribution is -0.113. The van der Waals surface area contributed by atoms with Gasteiger partial charge in [-0.3, -0.25) is 24.4 Å². The maximum atomic E-state index is 13.7. The Morgan fingerprint density at radius 3 is 1.59 bits per heavy atom. The van der Waals surface area contributed by atoms with Gasteiger partial charge in [0.15, 0.2) is 0 Å². The van der Waals surface area contributed by atoms with Crippen molar-refractivity contribution < 1.29 is 20.1 Å². The van der Waals surface area contributed by atoms with E-state index in [-0.39, 0.29) is 27.8 Å². The molecule has 4 aliphatic rings. The molecule has 56 heavy (non-hydrogen) atoms. The predicted molar refractivity (Wildman–Crippen MR) is 225 cm³/mol. The number of carbonyl (C=O) groups is 1. The molecule has 290 valence electrons. The third kappa shape index (κ3) is 6.33. The standard InChI is InChI=1S/C30H32N2O2.C13H17N.C4H2O4/c1-7-17(27-29(3,4)19-13-9-11-15-21(19)31-27)23-25(33)24(26(23)34)18(8-2)28-30(5,6)20-14-10-12-16-22(20)32-28;1-4-7-12-13(2,3)10-8-5-6-9-11(10)14-12;5-1-2(6)4(8)3(1)7/h9-16,31,33H,7-8H2,1-6H3;5-6,8-9H,4,7H2,1-3H3;5-6H/b24-18?,27-17+;;. The van der Waals surface area contributed by atoms with Crippen LogP contribution in [0.1, 0.15) is 105 Å². The van der Waals surface area contributed by atoms with E-state index in [2.05, 4.69) is 96.2 Å². The molecule has 0 atom stereocenters.